The first kappa shape index (κ1) is 16.8. The first-order valence-corrected chi connectivity index (χ1v) is 8.39. The zero-order chi connectivity index (χ0) is 17.1. The van der Waals surface area contributed by atoms with Gasteiger partial charge in [-0.2, -0.15) is 5.10 Å². The van der Waals surface area contributed by atoms with E-state index in [0.717, 1.165) is 5.56 Å². The predicted molar refractivity (Wildman–Crippen MR) is 96.8 cm³/mol. The van der Waals surface area contributed by atoms with E-state index in [2.05, 4.69) is 5.10 Å². The Morgan fingerprint density at radius 1 is 1.25 bits per heavy atom. The van der Waals surface area contributed by atoms with E-state index in [9.17, 15) is 4.79 Å². The maximum Gasteiger partial charge on any atom is 0.354 e. The van der Waals surface area contributed by atoms with Crippen LogP contribution in [0.1, 0.15) is 24.9 Å². The van der Waals surface area contributed by atoms with Gasteiger partial charge in [0.05, 0.1) is 23.4 Å². The second kappa shape index (κ2) is 7.24. The van der Waals surface area contributed by atoms with Crippen LogP contribution >= 0.6 is 23.2 Å². The number of esters is 1. The fraction of sp³-hybridized carbons (Fsp3) is 0.222. The van der Waals surface area contributed by atoms with Crippen molar-refractivity contribution in [2.75, 3.05) is 11.6 Å². The van der Waals surface area contributed by atoms with Gasteiger partial charge in [0.2, 0.25) is 0 Å². The van der Waals surface area contributed by atoms with E-state index in [1.54, 1.807) is 30.1 Å². The van der Waals surface area contributed by atoms with Gasteiger partial charge in [-0.05, 0) is 30.7 Å². The summed E-state index contributed by atoms with van der Waals surface area (Å²) in [4.78, 5) is 12.1. The summed E-state index contributed by atoms with van der Waals surface area (Å²) in [5.74, 6) is -0.397. The minimum Gasteiger partial charge on any atom is -0.461 e. The number of hydrogen-bond donors (Lipinski definition) is 0. The van der Waals surface area contributed by atoms with Crippen molar-refractivity contribution in [1.82, 2.24) is 0 Å². The molecule has 1 aliphatic rings. The van der Waals surface area contributed by atoms with E-state index in [1.807, 2.05) is 30.3 Å². The monoisotopic (exact) mass is 362 g/mol. The van der Waals surface area contributed by atoms with Crippen molar-refractivity contribution in [2.45, 2.75) is 19.4 Å². The van der Waals surface area contributed by atoms with Crippen LogP contribution < -0.4 is 5.01 Å². The maximum atomic E-state index is 12.1. The van der Waals surface area contributed by atoms with Gasteiger partial charge >= 0.3 is 5.97 Å². The number of carbonyl (C=O) groups is 1. The number of benzene rings is 2. The predicted octanol–water partition coefficient (Wildman–Crippen LogP) is 4.86. The van der Waals surface area contributed by atoms with Gasteiger partial charge < -0.3 is 4.74 Å². The average Bonchev–Trinajstić information content (AvgIpc) is 3.01. The van der Waals surface area contributed by atoms with Crippen LogP contribution in [-0.2, 0) is 9.53 Å². The highest BCUT2D eigenvalue weighted by molar-refractivity contribution is 6.38. The van der Waals surface area contributed by atoms with Gasteiger partial charge in [-0.25, -0.2) is 4.79 Å². The molecule has 1 heterocycles. The Labute approximate surface area is 150 Å². The van der Waals surface area contributed by atoms with E-state index in [4.69, 9.17) is 27.9 Å². The molecule has 1 atom stereocenters. The van der Waals surface area contributed by atoms with Gasteiger partial charge in [-0.1, -0.05) is 53.5 Å². The molecule has 0 saturated heterocycles. The van der Waals surface area contributed by atoms with Gasteiger partial charge in [0.15, 0.2) is 0 Å². The molecule has 2 aromatic rings. The third-order valence-corrected chi connectivity index (χ3v) is 4.30. The Bertz CT molecular complexity index is 778. The van der Waals surface area contributed by atoms with Crippen LogP contribution in [0.3, 0.4) is 0 Å². The Hall–Kier alpha value is -2.04. The van der Waals surface area contributed by atoms with Crippen molar-refractivity contribution in [1.29, 1.82) is 0 Å². The lowest BCUT2D eigenvalue weighted by Crippen LogP contribution is -2.19. The highest BCUT2D eigenvalue weighted by Crippen LogP contribution is 2.39. The van der Waals surface area contributed by atoms with E-state index < -0.39 is 5.97 Å². The average molecular weight is 363 g/mol. The zero-order valence-electron chi connectivity index (χ0n) is 13.1. The normalized spacial score (nSPS) is 16.9. The summed E-state index contributed by atoms with van der Waals surface area (Å²) in [6, 6.07) is 15.0. The van der Waals surface area contributed by atoms with Crippen LogP contribution in [0.2, 0.25) is 10.0 Å². The Balaban J connectivity index is 2.01. The molecule has 0 aliphatic carbocycles. The molecule has 1 unspecified atom stereocenters. The zero-order valence-corrected chi connectivity index (χ0v) is 14.6. The molecule has 4 nitrogen and oxygen atoms in total. The number of halogens is 2. The van der Waals surface area contributed by atoms with Crippen LogP contribution in [0.5, 0.6) is 0 Å². The third kappa shape index (κ3) is 3.40. The highest BCUT2D eigenvalue weighted by atomic mass is 35.5. The summed E-state index contributed by atoms with van der Waals surface area (Å²) in [5, 5.41) is 7.27. The van der Waals surface area contributed by atoms with Crippen LogP contribution in [0, 0.1) is 0 Å². The van der Waals surface area contributed by atoms with E-state index in [0.29, 0.717) is 34.5 Å². The summed E-state index contributed by atoms with van der Waals surface area (Å²) < 4.78 is 5.09. The number of hydrogen-bond acceptors (Lipinski definition) is 4. The first-order chi connectivity index (χ1) is 11.6. The number of ether oxygens (including phenoxy) is 1. The summed E-state index contributed by atoms with van der Waals surface area (Å²) in [7, 11) is 0. The fourth-order valence-electron chi connectivity index (χ4n) is 2.67. The van der Waals surface area contributed by atoms with Crippen molar-refractivity contribution in [3.05, 3.63) is 64.1 Å². The van der Waals surface area contributed by atoms with Crippen LogP contribution in [0.4, 0.5) is 5.69 Å². The van der Waals surface area contributed by atoms with Crippen LogP contribution in [0.25, 0.3) is 0 Å². The lowest BCUT2D eigenvalue weighted by atomic mass is 10.0. The molecule has 0 saturated carbocycles. The summed E-state index contributed by atoms with van der Waals surface area (Å²) in [5.41, 5.74) is 2.14. The van der Waals surface area contributed by atoms with E-state index in [1.165, 1.54) is 0 Å². The molecule has 2 aromatic carbocycles. The van der Waals surface area contributed by atoms with Gasteiger partial charge in [0.25, 0.3) is 0 Å². The minimum absolute atomic E-state index is 0.121. The quantitative estimate of drug-likeness (QED) is 0.729. The summed E-state index contributed by atoms with van der Waals surface area (Å²) >= 11 is 12.3. The Morgan fingerprint density at radius 3 is 2.67 bits per heavy atom. The molecule has 0 aromatic heterocycles. The molecule has 3 rings (SSSR count). The summed E-state index contributed by atoms with van der Waals surface area (Å²) in [6.45, 7) is 2.09. The van der Waals surface area contributed by atoms with Crippen molar-refractivity contribution in [3.8, 4) is 0 Å². The van der Waals surface area contributed by atoms with Crippen molar-refractivity contribution < 1.29 is 9.53 Å². The number of nitrogens with zero attached hydrogens (tertiary/aromatic N) is 2. The van der Waals surface area contributed by atoms with Gasteiger partial charge in [0, 0.05) is 11.4 Å². The first-order valence-electron chi connectivity index (χ1n) is 7.64. The second-order valence-corrected chi connectivity index (χ2v) is 6.18. The van der Waals surface area contributed by atoms with Crippen molar-refractivity contribution in [2.24, 2.45) is 5.10 Å². The van der Waals surface area contributed by atoms with E-state index in [-0.39, 0.29) is 6.04 Å². The number of rotatable bonds is 4. The topological polar surface area (TPSA) is 41.9 Å². The SMILES string of the molecule is CCOC(=O)C1=NN(c2ccc(Cl)cc2Cl)C(c2ccccc2)C1. The van der Waals surface area contributed by atoms with Crippen LogP contribution in [0.15, 0.2) is 53.6 Å². The number of anilines is 1. The maximum absolute atomic E-state index is 12.1. The lowest BCUT2D eigenvalue weighted by molar-refractivity contribution is -0.135. The highest BCUT2D eigenvalue weighted by Gasteiger charge is 2.33. The molecule has 0 amide bonds. The molecule has 6 heteroatoms. The Kier molecular flexibility index (Phi) is 5.07. The molecule has 0 bridgehead atoms. The van der Waals surface area contributed by atoms with E-state index >= 15 is 0 Å². The largest absolute Gasteiger partial charge is 0.461 e. The smallest absolute Gasteiger partial charge is 0.354 e. The molecule has 0 N–H and O–H groups in total. The molecule has 0 fully saturated rings. The minimum atomic E-state index is -0.397. The lowest BCUT2D eigenvalue weighted by Gasteiger charge is -2.24. The second-order valence-electron chi connectivity index (χ2n) is 5.34. The van der Waals surface area contributed by atoms with Crippen molar-refractivity contribution in [3.63, 3.8) is 0 Å². The number of hydrazone groups is 1. The number of carbonyl (C=O) groups excluding carboxylic acids is 1. The van der Waals surface area contributed by atoms with Crippen LogP contribution in [-0.4, -0.2) is 18.3 Å². The van der Waals surface area contributed by atoms with Crippen molar-refractivity contribution >= 4 is 40.6 Å². The Morgan fingerprint density at radius 2 is 2.00 bits per heavy atom. The van der Waals surface area contributed by atoms with Gasteiger partial charge in [-0.3, -0.25) is 5.01 Å². The fourth-order valence-corrected chi connectivity index (χ4v) is 3.17. The molecule has 0 spiro atoms. The molecule has 1 aliphatic heterocycles. The van der Waals surface area contributed by atoms with Gasteiger partial charge in [-0.15, -0.1) is 0 Å². The molecule has 124 valence electrons. The summed E-state index contributed by atoms with van der Waals surface area (Å²) in [6.07, 6.45) is 0.460. The molecule has 24 heavy (non-hydrogen) atoms. The third-order valence-electron chi connectivity index (χ3n) is 3.76. The standard InChI is InChI=1S/C18H16Cl2N2O2/c1-2-24-18(23)15-11-17(12-6-4-3-5-7-12)22(21-15)16-9-8-13(19)10-14(16)20/h3-10,17H,2,11H2,1H3. The molecular formula is C18H16Cl2N2O2. The molecule has 0 radical (unpaired) electrons. The van der Waals surface area contributed by atoms with Gasteiger partial charge in [0.1, 0.15) is 5.71 Å². The molecular weight excluding hydrogens is 347 g/mol.